The van der Waals surface area contributed by atoms with Gasteiger partial charge in [-0.3, -0.25) is 4.79 Å². The fourth-order valence-electron chi connectivity index (χ4n) is 0.971. The monoisotopic (exact) mass is 163 g/mol. The summed E-state index contributed by atoms with van der Waals surface area (Å²) < 4.78 is 39.5. The van der Waals surface area contributed by atoms with Crippen molar-refractivity contribution in [2.75, 3.05) is 6.56 Å². The molecule has 0 bridgehead atoms. The number of rotatable bonds is 5. The average molecular weight is 163 g/mol. The molecule has 0 saturated carbocycles. The lowest BCUT2D eigenvalue weighted by atomic mass is 10.0. The molecule has 0 amide bonds. The number of hydrogen-bond donors (Lipinski definition) is 0. The second kappa shape index (κ2) is 6.20. The summed E-state index contributed by atoms with van der Waals surface area (Å²) in [5.74, 6) is -1.20. The van der Waals surface area contributed by atoms with Gasteiger partial charge in [0.05, 0.1) is 15.2 Å². The van der Waals surface area contributed by atoms with Gasteiger partial charge in [-0.15, -0.1) is 0 Å². The smallest absolute Gasteiger partial charge is 0.308 e. The van der Waals surface area contributed by atoms with E-state index in [9.17, 15) is 4.79 Å². The number of hydrogen-bond acceptors (Lipinski definition) is 2. The first-order valence-corrected chi connectivity index (χ1v) is 3.88. The molecule has 0 aliphatic heterocycles. The van der Waals surface area contributed by atoms with Gasteiger partial charge >= 0.3 is 5.97 Å². The van der Waals surface area contributed by atoms with Gasteiger partial charge in [0.2, 0.25) is 0 Å². The van der Waals surface area contributed by atoms with E-state index in [-0.39, 0.29) is 0 Å². The zero-order valence-electron chi connectivity index (χ0n) is 12.0. The molecule has 0 aliphatic carbocycles. The van der Waals surface area contributed by atoms with Crippen molar-refractivity contribution in [1.29, 1.82) is 0 Å². The molecule has 1 unspecified atom stereocenters. The van der Waals surface area contributed by atoms with E-state index >= 15 is 0 Å². The zero-order valence-corrected chi connectivity index (χ0v) is 7.02. The molecule has 0 rings (SSSR count). The van der Waals surface area contributed by atoms with Crippen LogP contribution in [-0.2, 0) is 9.53 Å². The van der Waals surface area contributed by atoms with Crippen LogP contribution in [0.1, 0.15) is 46.8 Å². The van der Waals surface area contributed by atoms with Crippen LogP contribution in [0.5, 0.6) is 0 Å². The molecule has 0 spiro atoms. The van der Waals surface area contributed by atoms with E-state index < -0.39 is 25.3 Å². The van der Waals surface area contributed by atoms with Gasteiger partial charge in [-0.1, -0.05) is 20.3 Å². The lowest BCUT2D eigenvalue weighted by Crippen LogP contribution is -2.16. The first kappa shape index (κ1) is 4.48. The van der Waals surface area contributed by atoms with Crippen molar-refractivity contribution in [1.82, 2.24) is 0 Å². The van der Waals surface area contributed by atoms with E-state index in [1.807, 2.05) is 6.92 Å². The van der Waals surface area contributed by atoms with Gasteiger partial charge in [-0.2, -0.15) is 0 Å². The lowest BCUT2D eigenvalue weighted by molar-refractivity contribution is -0.148. The third-order valence-electron chi connectivity index (χ3n) is 1.61. The van der Waals surface area contributed by atoms with E-state index in [0.29, 0.717) is 12.8 Å². The second-order valence-corrected chi connectivity index (χ2v) is 2.42. The minimum absolute atomic E-state index is 0.428. The molecule has 11 heavy (non-hydrogen) atoms. The highest BCUT2D eigenvalue weighted by Gasteiger charge is 2.15. The first-order chi connectivity index (χ1) is 7.15. The van der Waals surface area contributed by atoms with Crippen molar-refractivity contribution < 1.29 is 16.4 Å². The largest absolute Gasteiger partial charge is 0.466 e. The second-order valence-electron chi connectivity index (χ2n) is 2.42. The van der Waals surface area contributed by atoms with Crippen molar-refractivity contribution >= 4 is 5.97 Å². The van der Waals surface area contributed by atoms with Crippen LogP contribution in [0.4, 0.5) is 0 Å². The third kappa shape index (κ3) is 4.02. The summed E-state index contributed by atoms with van der Waals surface area (Å²) in [7, 11) is 0. The zero-order chi connectivity index (χ0) is 13.0. The molecule has 0 saturated heterocycles. The molecule has 0 aliphatic rings. The maximum absolute atomic E-state index is 11.5. The molecule has 0 fully saturated rings. The Kier molecular flexibility index (Phi) is 2.53. The Morgan fingerprint density at radius 2 is 2.45 bits per heavy atom. The average Bonchev–Trinajstić information content (AvgIpc) is 2.11. The Balaban J connectivity index is 4.54. The fraction of sp³-hybridized carbons (Fsp3) is 0.889. The Bertz CT molecular complexity index is 237. The highest BCUT2D eigenvalue weighted by molar-refractivity contribution is 5.72. The molecule has 0 N–H and O–H groups in total. The highest BCUT2D eigenvalue weighted by Crippen LogP contribution is 2.12. The maximum atomic E-state index is 11.5. The molecule has 2 heteroatoms. The van der Waals surface area contributed by atoms with Crippen LogP contribution in [0.15, 0.2) is 0 Å². The predicted molar refractivity (Wildman–Crippen MR) is 45.3 cm³/mol. The standard InChI is InChI=1S/C9H18O2/c1-4-7-8(5-2)9(10)11-6-3/h8H,4-7H2,1-3H3/i3D3,6D2. The van der Waals surface area contributed by atoms with E-state index in [1.165, 1.54) is 0 Å². The van der Waals surface area contributed by atoms with E-state index in [1.54, 1.807) is 6.92 Å². The summed E-state index contributed by atoms with van der Waals surface area (Å²) in [5.41, 5.74) is 0. The van der Waals surface area contributed by atoms with Gasteiger partial charge in [0.1, 0.15) is 0 Å². The molecule has 1 atom stereocenters. The molecule has 66 valence electrons. The summed E-state index contributed by atoms with van der Waals surface area (Å²) in [5, 5.41) is 0. The van der Waals surface area contributed by atoms with Crippen LogP contribution in [0.25, 0.3) is 0 Å². The molecule has 0 aromatic carbocycles. The van der Waals surface area contributed by atoms with E-state index in [2.05, 4.69) is 4.74 Å². The van der Waals surface area contributed by atoms with Gasteiger partial charge in [0, 0.05) is 4.11 Å². The number of ether oxygens (including phenoxy) is 1. The number of esters is 1. The van der Waals surface area contributed by atoms with E-state index in [4.69, 9.17) is 6.85 Å². The Morgan fingerprint density at radius 3 is 2.91 bits per heavy atom. The van der Waals surface area contributed by atoms with Crippen molar-refractivity contribution in [2.24, 2.45) is 5.92 Å². The molecule has 0 aromatic rings. The summed E-state index contributed by atoms with van der Waals surface area (Å²) >= 11 is 0. The number of carbonyl (C=O) groups is 1. The summed E-state index contributed by atoms with van der Waals surface area (Å²) in [6.07, 6.45) is 1.86. The lowest BCUT2D eigenvalue weighted by Gasteiger charge is -2.11. The quantitative estimate of drug-likeness (QED) is 0.582. The van der Waals surface area contributed by atoms with Crippen LogP contribution in [-0.4, -0.2) is 12.5 Å². The minimum Gasteiger partial charge on any atom is -0.466 e. The molecule has 0 radical (unpaired) electrons. The van der Waals surface area contributed by atoms with Crippen molar-refractivity contribution in [3.05, 3.63) is 0 Å². The Labute approximate surface area is 76.0 Å². The number of carbonyl (C=O) groups excluding carboxylic acids is 1. The molecule has 2 nitrogen and oxygen atoms in total. The van der Waals surface area contributed by atoms with Crippen LogP contribution < -0.4 is 0 Å². The third-order valence-corrected chi connectivity index (χ3v) is 1.61. The summed E-state index contributed by atoms with van der Waals surface area (Å²) in [4.78, 5) is 11.5. The molecular formula is C9H18O2. The Hall–Kier alpha value is -0.530. The van der Waals surface area contributed by atoms with Crippen LogP contribution in [0.3, 0.4) is 0 Å². The summed E-state index contributed by atoms with van der Waals surface area (Å²) in [6, 6.07) is 0. The minimum atomic E-state index is -2.95. The molecule has 0 aromatic heterocycles. The van der Waals surface area contributed by atoms with Crippen molar-refractivity contribution in [2.45, 2.75) is 40.0 Å². The van der Waals surface area contributed by atoms with Crippen molar-refractivity contribution in [3.8, 4) is 0 Å². The van der Waals surface area contributed by atoms with E-state index in [0.717, 1.165) is 6.42 Å². The van der Waals surface area contributed by atoms with Crippen molar-refractivity contribution in [3.63, 3.8) is 0 Å². The van der Waals surface area contributed by atoms with Crippen LogP contribution in [0.2, 0.25) is 0 Å². The fourth-order valence-corrected chi connectivity index (χ4v) is 0.971. The van der Waals surface area contributed by atoms with Gasteiger partial charge in [0.15, 0.2) is 0 Å². The van der Waals surface area contributed by atoms with Crippen LogP contribution in [0, 0.1) is 5.92 Å². The van der Waals surface area contributed by atoms with Gasteiger partial charge in [-0.05, 0) is 19.7 Å². The normalized spacial score (nSPS) is 21.8. The topological polar surface area (TPSA) is 26.3 Å². The highest BCUT2D eigenvalue weighted by atomic mass is 16.5. The summed E-state index contributed by atoms with van der Waals surface area (Å²) in [6.45, 7) is -2.18. The first-order valence-electron chi connectivity index (χ1n) is 6.38. The SMILES string of the molecule is [2H]C([2H])([2H])C([2H])([2H])OC(=O)C(CC)CCC. The predicted octanol–water partition coefficient (Wildman–Crippen LogP) is 2.38. The maximum Gasteiger partial charge on any atom is 0.308 e. The molecule has 0 heterocycles. The van der Waals surface area contributed by atoms with Crippen LogP contribution >= 0.6 is 0 Å². The Morgan fingerprint density at radius 1 is 1.73 bits per heavy atom. The van der Waals surface area contributed by atoms with Gasteiger partial charge < -0.3 is 4.74 Å². The molecular weight excluding hydrogens is 140 g/mol. The van der Waals surface area contributed by atoms with Gasteiger partial charge in [0.25, 0.3) is 0 Å². The van der Waals surface area contributed by atoms with Gasteiger partial charge in [-0.25, -0.2) is 0 Å².